The molecule has 20 heavy (non-hydrogen) atoms. The summed E-state index contributed by atoms with van der Waals surface area (Å²) in [4.78, 5) is 2.17. The fourth-order valence-electron chi connectivity index (χ4n) is 2.73. The topological polar surface area (TPSA) is 66.5 Å². The lowest BCUT2D eigenvalue weighted by Crippen LogP contribution is -2.33. The molecule has 1 atom stereocenters. The normalized spacial score (nSPS) is 20.0. The molecule has 3 rings (SSSR count). The SMILES string of the molecule is CC(C)(C)c1nnc2ccc(N3CCC[C@@H]3CO)nn12. The van der Waals surface area contributed by atoms with Gasteiger partial charge in [0.2, 0.25) is 0 Å². The van der Waals surface area contributed by atoms with Crippen LogP contribution in [0.1, 0.15) is 39.4 Å². The van der Waals surface area contributed by atoms with Crippen molar-refractivity contribution in [2.45, 2.75) is 45.1 Å². The van der Waals surface area contributed by atoms with Gasteiger partial charge in [-0.15, -0.1) is 15.3 Å². The van der Waals surface area contributed by atoms with E-state index in [1.54, 1.807) is 0 Å². The third kappa shape index (κ3) is 2.14. The Bertz CT molecular complexity index is 616. The lowest BCUT2D eigenvalue weighted by Gasteiger charge is -2.24. The van der Waals surface area contributed by atoms with Crippen LogP contribution in [0.15, 0.2) is 12.1 Å². The van der Waals surface area contributed by atoms with Crippen LogP contribution in [0.3, 0.4) is 0 Å². The molecule has 108 valence electrons. The number of hydrogen-bond acceptors (Lipinski definition) is 5. The first-order valence-corrected chi connectivity index (χ1v) is 7.11. The summed E-state index contributed by atoms with van der Waals surface area (Å²) in [7, 11) is 0. The van der Waals surface area contributed by atoms with Gasteiger partial charge in [-0.3, -0.25) is 0 Å². The molecule has 0 aromatic carbocycles. The standard InChI is InChI=1S/C14H21N5O/c1-14(2,3)13-16-15-11-6-7-12(17-19(11)13)18-8-4-5-10(18)9-20/h6-7,10,20H,4-5,8-9H2,1-3H3/t10-/m1/s1. The van der Waals surface area contributed by atoms with E-state index < -0.39 is 0 Å². The van der Waals surface area contributed by atoms with E-state index in [1.807, 2.05) is 16.6 Å². The predicted molar refractivity (Wildman–Crippen MR) is 76.9 cm³/mol. The van der Waals surface area contributed by atoms with Crippen LogP contribution in [0.4, 0.5) is 5.82 Å². The fourth-order valence-corrected chi connectivity index (χ4v) is 2.73. The Hall–Kier alpha value is -1.69. The summed E-state index contributed by atoms with van der Waals surface area (Å²) in [5.41, 5.74) is 0.658. The molecule has 1 aliphatic rings. The lowest BCUT2D eigenvalue weighted by molar-refractivity contribution is 0.266. The van der Waals surface area contributed by atoms with E-state index in [2.05, 4.69) is 41.0 Å². The summed E-state index contributed by atoms with van der Waals surface area (Å²) in [5.74, 6) is 1.74. The summed E-state index contributed by atoms with van der Waals surface area (Å²) < 4.78 is 1.82. The van der Waals surface area contributed by atoms with Crippen molar-refractivity contribution in [2.24, 2.45) is 0 Å². The number of rotatable bonds is 2. The van der Waals surface area contributed by atoms with Gasteiger partial charge in [-0.05, 0) is 25.0 Å². The zero-order valence-corrected chi connectivity index (χ0v) is 12.2. The first-order chi connectivity index (χ1) is 9.50. The highest BCUT2D eigenvalue weighted by molar-refractivity contribution is 5.47. The van der Waals surface area contributed by atoms with Crippen LogP contribution >= 0.6 is 0 Å². The maximum absolute atomic E-state index is 9.45. The van der Waals surface area contributed by atoms with Crippen LogP contribution in [-0.2, 0) is 5.41 Å². The Kier molecular flexibility index (Phi) is 3.12. The summed E-state index contributed by atoms with van der Waals surface area (Å²) in [6.45, 7) is 7.42. The molecule has 1 aliphatic heterocycles. The molecule has 1 fully saturated rings. The molecule has 1 N–H and O–H groups in total. The van der Waals surface area contributed by atoms with E-state index in [0.29, 0.717) is 0 Å². The van der Waals surface area contributed by atoms with Crippen LogP contribution in [-0.4, -0.2) is 44.1 Å². The highest BCUT2D eigenvalue weighted by Crippen LogP contribution is 2.25. The van der Waals surface area contributed by atoms with E-state index in [9.17, 15) is 5.11 Å². The third-order valence-electron chi connectivity index (χ3n) is 3.80. The van der Waals surface area contributed by atoms with Gasteiger partial charge in [0.05, 0.1) is 12.6 Å². The Labute approximate surface area is 118 Å². The molecule has 0 saturated carbocycles. The molecule has 0 amide bonds. The van der Waals surface area contributed by atoms with E-state index in [-0.39, 0.29) is 18.1 Å². The van der Waals surface area contributed by atoms with Crippen LogP contribution in [0, 0.1) is 0 Å². The maximum atomic E-state index is 9.45. The number of aliphatic hydroxyl groups is 1. The number of aromatic nitrogens is 4. The van der Waals surface area contributed by atoms with Gasteiger partial charge in [0.25, 0.3) is 0 Å². The minimum atomic E-state index is -0.105. The Morgan fingerprint density at radius 2 is 2.10 bits per heavy atom. The Morgan fingerprint density at radius 1 is 1.30 bits per heavy atom. The van der Waals surface area contributed by atoms with Crippen LogP contribution < -0.4 is 4.90 Å². The van der Waals surface area contributed by atoms with Gasteiger partial charge < -0.3 is 10.0 Å². The second-order valence-electron chi connectivity index (χ2n) is 6.41. The van der Waals surface area contributed by atoms with Crippen molar-refractivity contribution in [1.29, 1.82) is 0 Å². The van der Waals surface area contributed by atoms with Crippen LogP contribution in [0.2, 0.25) is 0 Å². The summed E-state index contributed by atoms with van der Waals surface area (Å²) in [6.07, 6.45) is 2.11. The van der Waals surface area contributed by atoms with Crippen molar-refractivity contribution in [3.63, 3.8) is 0 Å². The average Bonchev–Trinajstić information content (AvgIpc) is 3.03. The highest BCUT2D eigenvalue weighted by Gasteiger charge is 2.27. The monoisotopic (exact) mass is 275 g/mol. The quantitative estimate of drug-likeness (QED) is 0.897. The molecular formula is C14H21N5O. The number of aliphatic hydroxyl groups excluding tert-OH is 1. The zero-order valence-electron chi connectivity index (χ0n) is 12.2. The molecular weight excluding hydrogens is 254 g/mol. The number of nitrogens with zero attached hydrogens (tertiary/aromatic N) is 5. The minimum Gasteiger partial charge on any atom is -0.394 e. The molecule has 3 heterocycles. The van der Waals surface area contributed by atoms with Gasteiger partial charge >= 0.3 is 0 Å². The number of fused-ring (bicyclic) bond motifs is 1. The third-order valence-corrected chi connectivity index (χ3v) is 3.80. The second kappa shape index (κ2) is 4.70. The van der Waals surface area contributed by atoms with Crippen molar-refractivity contribution in [3.8, 4) is 0 Å². The van der Waals surface area contributed by atoms with Crippen molar-refractivity contribution >= 4 is 11.5 Å². The van der Waals surface area contributed by atoms with Crippen molar-refractivity contribution in [2.75, 3.05) is 18.1 Å². The zero-order chi connectivity index (χ0) is 14.3. The Balaban J connectivity index is 2.05. The number of hydrogen-bond donors (Lipinski definition) is 1. The second-order valence-corrected chi connectivity index (χ2v) is 6.41. The minimum absolute atomic E-state index is 0.105. The summed E-state index contributed by atoms with van der Waals surface area (Å²) in [5, 5.41) is 22.6. The first kappa shape index (κ1) is 13.3. The smallest absolute Gasteiger partial charge is 0.178 e. The van der Waals surface area contributed by atoms with Crippen molar-refractivity contribution < 1.29 is 5.11 Å². The van der Waals surface area contributed by atoms with E-state index in [0.717, 1.165) is 36.7 Å². The average molecular weight is 275 g/mol. The van der Waals surface area contributed by atoms with Crippen LogP contribution in [0.25, 0.3) is 5.65 Å². The van der Waals surface area contributed by atoms with Gasteiger partial charge in [-0.2, -0.15) is 4.52 Å². The molecule has 0 aliphatic carbocycles. The molecule has 2 aromatic heterocycles. The van der Waals surface area contributed by atoms with Gasteiger partial charge in [-0.25, -0.2) is 0 Å². The van der Waals surface area contributed by atoms with Crippen LogP contribution in [0.5, 0.6) is 0 Å². The molecule has 0 unspecified atom stereocenters. The summed E-state index contributed by atoms with van der Waals surface area (Å²) >= 11 is 0. The molecule has 6 heteroatoms. The molecule has 0 spiro atoms. The molecule has 0 bridgehead atoms. The molecule has 6 nitrogen and oxygen atoms in total. The largest absolute Gasteiger partial charge is 0.394 e. The van der Waals surface area contributed by atoms with E-state index in [1.165, 1.54) is 0 Å². The van der Waals surface area contributed by atoms with Gasteiger partial charge in [0.15, 0.2) is 11.5 Å². The molecule has 0 radical (unpaired) electrons. The van der Waals surface area contributed by atoms with Crippen molar-refractivity contribution in [3.05, 3.63) is 18.0 Å². The Morgan fingerprint density at radius 3 is 2.80 bits per heavy atom. The molecule has 2 aromatic rings. The predicted octanol–water partition coefficient (Wildman–Crippen LogP) is 1.38. The number of anilines is 1. The fraction of sp³-hybridized carbons (Fsp3) is 0.643. The first-order valence-electron chi connectivity index (χ1n) is 7.11. The highest BCUT2D eigenvalue weighted by atomic mass is 16.3. The molecule has 1 saturated heterocycles. The van der Waals surface area contributed by atoms with E-state index in [4.69, 9.17) is 0 Å². The lowest BCUT2D eigenvalue weighted by atomic mass is 9.96. The van der Waals surface area contributed by atoms with Gasteiger partial charge in [0.1, 0.15) is 5.82 Å². The summed E-state index contributed by atoms with van der Waals surface area (Å²) in [6, 6.07) is 4.08. The van der Waals surface area contributed by atoms with Gasteiger partial charge in [-0.1, -0.05) is 20.8 Å². The van der Waals surface area contributed by atoms with E-state index >= 15 is 0 Å². The maximum Gasteiger partial charge on any atom is 0.178 e. The van der Waals surface area contributed by atoms with Gasteiger partial charge in [0, 0.05) is 12.0 Å². The van der Waals surface area contributed by atoms with Crippen molar-refractivity contribution in [1.82, 2.24) is 19.8 Å².